The van der Waals surface area contributed by atoms with Crippen molar-refractivity contribution < 1.29 is 18.0 Å². The lowest BCUT2D eigenvalue weighted by Crippen LogP contribution is -2.53. The topological polar surface area (TPSA) is 99.2 Å². The summed E-state index contributed by atoms with van der Waals surface area (Å²) in [5.74, 6) is -0.0443. The van der Waals surface area contributed by atoms with Gasteiger partial charge in [0.05, 0.1) is 4.90 Å². The van der Waals surface area contributed by atoms with Crippen LogP contribution in [0.15, 0.2) is 34.2 Å². The molecule has 2 aliphatic heterocycles. The maximum atomic E-state index is 13.0. The normalized spacial score (nSPS) is 21.1. The fourth-order valence-electron chi connectivity index (χ4n) is 3.29. The highest BCUT2D eigenvalue weighted by Gasteiger charge is 2.34. The summed E-state index contributed by atoms with van der Waals surface area (Å²) in [5, 5.41) is 0. The van der Waals surface area contributed by atoms with E-state index in [1.807, 2.05) is 13.8 Å². The zero-order chi connectivity index (χ0) is 19.8. The summed E-state index contributed by atoms with van der Waals surface area (Å²) in [4.78, 5) is 32.6. The lowest BCUT2D eigenvalue weighted by Gasteiger charge is -2.36. The third-order valence-electron chi connectivity index (χ3n) is 4.85. The Morgan fingerprint density at radius 2 is 1.67 bits per heavy atom. The minimum absolute atomic E-state index is 0.000258. The van der Waals surface area contributed by atoms with Crippen LogP contribution in [0.4, 0.5) is 0 Å². The molecule has 0 saturated carbocycles. The van der Waals surface area contributed by atoms with E-state index in [-0.39, 0.29) is 28.5 Å². The van der Waals surface area contributed by atoms with Crippen LogP contribution >= 0.6 is 0 Å². The van der Waals surface area contributed by atoms with E-state index in [1.165, 1.54) is 13.0 Å². The van der Waals surface area contributed by atoms with Gasteiger partial charge in [0, 0.05) is 38.7 Å². The summed E-state index contributed by atoms with van der Waals surface area (Å²) in [5.41, 5.74) is 0.484. The van der Waals surface area contributed by atoms with E-state index in [9.17, 15) is 18.0 Å². The highest BCUT2D eigenvalue weighted by molar-refractivity contribution is 7.90. The first kappa shape index (κ1) is 19.3. The second-order valence-electron chi connectivity index (χ2n) is 7.10. The maximum absolute atomic E-state index is 13.0. The van der Waals surface area contributed by atoms with Crippen LogP contribution in [0.5, 0.6) is 0 Å². The number of hydrogen-bond acceptors (Lipinski definition) is 5. The molecule has 2 aliphatic rings. The Morgan fingerprint density at radius 1 is 1.07 bits per heavy atom. The van der Waals surface area contributed by atoms with Crippen molar-refractivity contribution in [3.8, 4) is 0 Å². The molecule has 2 heterocycles. The standard InChI is InChI=1S/C18H24N4O4S/c1-12(2)16(18(24)22-10-8-21(9-11-22)13(3)23)19-17-14-6-4-5-7-15(14)27(25,26)20-17/h4-7,12,16H,8-11H2,1-3H3,(H,19,20)/t16-/m0/s1. The second-order valence-corrected chi connectivity index (χ2v) is 8.75. The molecule has 0 aliphatic carbocycles. The Balaban J connectivity index is 1.84. The molecule has 1 N–H and O–H groups in total. The molecule has 0 aromatic heterocycles. The summed E-state index contributed by atoms with van der Waals surface area (Å²) in [6.45, 7) is 7.19. The van der Waals surface area contributed by atoms with Crippen LogP contribution in [-0.4, -0.2) is 68.1 Å². The third-order valence-corrected chi connectivity index (χ3v) is 6.25. The van der Waals surface area contributed by atoms with Crippen LogP contribution in [0.1, 0.15) is 26.3 Å². The van der Waals surface area contributed by atoms with Gasteiger partial charge in [0.25, 0.3) is 10.0 Å². The Morgan fingerprint density at radius 3 is 2.26 bits per heavy atom. The lowest BCUT2D eigenvalue weighted by molar-refractivity contribution is -0.139. The zero-order valence-corrected chi connectivity index (χ0v) is 16.5. The predicted octanol–water partition coefficient (Wildman–Crippen LogP) is 0.440. The number of rotatable bonds is 3. The zero-order valence-electron chi connectivity index (χ0n) is 15.7. The first-order chi connectivity index (χ1) is 12.7. The summed E-state index contributed by atoms with van der Waals surface area (Å²) >= 11 is 0. The molecular weight excluding hydrogens is 368 g/mol. The number of amides is 2. The molecule has 8 nitrogen and oxygen atoms in total. The van der Waals surface area contributed by atoms with Crippen LogP contribution in [0.2, 0.25) is 0 Å². The Bertz CT molecular complexity index is 886. The molecule has 1 fully saturated rings. The number of benzene rings is 1. The highest BCUT2D eigenvalue weighted by Crippen LogP contribution is 2.24. The minimum atomic E-state index is -3.64. The summed E-state index contributed by atoms with van der Waals surface area (Å²) < 4.78 is 27.0. The Kier molecular flexibility index (Phi) is 5.23. The molecule has 0 spiro atoms. The molecule has 0 unspecified atom stereocenters. The first-order valence-corrected chi connectivity index (χ1v) is 10.4. The molecule has 1 saturated heterocycles. The molecule has 0 bridgehead atoms. The molecule has 3 rings (SSSR count). The third kappa shape index (κ3) is 3.83. The van der Waals surface area contributed by atoms with Crippen molar-refractivity contribution in [1.29, 1.82) is 0 Å². The molecule has 1 aromatic rings. The SMILES string of the molecule is CC(=O)N1CCN(C(=O)[C@@H](N=C2NS(=O)(=O)c3ccccc32)C(C)C)CC1. The Hall–Kier alpha value is -2.42. The van der Waals surface area contributed by atoms with E-state index in [2.05, 4.69) is 9.71 Å². The summed E-state index contributed by atoms with van der Waals surface area (Å²) in [6, 6.07) is 5.90. The van der Waals surface area contributed by atoms with Gasteiger partial charge in [0.2, 0.25) is 11.8 Å². The van der Waals surface area contributed by atoms with Crippen LogP contribution in [0, 0.1) is 5.92 Å². The lowest BCUT2D eigenvalue weighted by atomic mass is 10.0. The number of fused-ring (bicyclic) bond motifs is 1. The van der Waals surface area contributed by atoms with E-state index < -0.39 is 16.1 Å². The average molecular weight is 392 g/mol. The quantitative estimate of drug-likeness (QED) is 0.807. The second kappa shape index (κ2) is 7.30. The fourth-order valence-corrected chi connectivity index (χ4v) is 4.53. The van der Waals surface area contributed by atoms with Crippen molar-refractivity contribution in [2.24, 2.45) is 10.9 Å². The Labute approximate surface area is 159 Å². The number of nitrogens with one attached hydrogen (secondary N) is 1. The molecule has 0 radical (unpaired) electrons. The number of carbonyl (C=O) groups is 2. The van der Waals surface area contributed by atoms with Gasteiger partial charge in [0.15, 0.2) is 0 Å². The number of sulfonamides is 1. The number of carbonyl (C=O) groups excluding carboxylic acids is 2. The van der Waals surface area contributed by atoms with E-state index >= 15 is 0 Å². The molecule has 146 valence electrons. The van der Waals surface area contributed by atoms with Gasteiger partial charge in [-0.25, -0.2) is 8.42 Å². The number of nitrogens with zero attached hydrogens (tertiary/aromatic N) is 3. The summed E-state index contributed by atoms with van der Waals surface area (Å²) in [7, 11) is -3.64. The highest BCUT2D eigenvalue weighted by atomic mass is 32.2. The van der Waals surface area contributed by atoms with E-state index in [1.54, 1.807) is 28.0 Å². The van der Waals surface area contributed by atoms with Crippen molar-refractivity contribution in [3.05, 3.63) is 29.8 Å². The van der Waals surface area contributed by atoms with Gasteiger partial charge in [-0.05, 0) is 18.1 Å². The molecule has 27 heavy (non-hydrogen) atoms. The average Bonchev–Trinajstić information content (AvgIpc) is 2.90. The van der Waals surface area contributed by atoms with Crippen LogP contribution in [-0.2, 0) is 19.6 Å². The number of aliphatic imine (C=N–C) groups is 1. The van der Waals surface area contributed by atoms with Crippen molar-refractivity contribution in [2.45, 2.75) is 31.7 Å². The first-order valence-electron chi connectivity index (χ1n) is 8.95. The van der Waals surface area contributed by atoms with E-state index in [0.717, 1.165) is 0 Å². The van der Waals surface area contributed by atoms with Gasteiger partial charge >= 0.3 is 0 Å². The van der Waals surface area contributed by atoms with Gasteiger partial charge in [-0.15, -0.1) is 0 Å². The van der Waals surface area contributed by atoms with Crippen LogP contribution in [0.25, 0.3) is 0 Å². The van der Waals surface area contributed by atoms with Gasteiger partial charge in [-0.1, -0.05) is 26.0 Å². The van der Waals surface area contributed by atoms with Crippen molar-refractivity contribution >= 4 is 27.7 Å². The van der Waals surface area contributed by atoms with Gasteiger partial charge in [-0.3, -0.25) is 19.3 Å². The molecule has 1 atom stereocenters. The van der Waals surface area contributed by atoms with Crippen LogP contribution in [0.3, 0.4) is 0 Å². The number of piperazine rings is 1. The molecular formula is C18H24N4O4S. The summed E-state index contributed by atoms with van der Waals surface area (Å²) in [6.07, 6.45) is 0. The number of hydrogen-bond donors (Lipinski definition) is 1. The van der Waals surface area contributed by atoms with Crippen molar-refractivity contribution in [3.63, 3.8) is 0 Å². The van der Waals surface area contributed by atoms with Gasteiger partial charge in [0.1, 0.15) is 11.9 Å². The largest absolute Gasteiger partial charge is 0.339 e. The predicted molar refractivity (Wildman–Crippen MR) is 101 cm³/mol. The van der Waals surface area contributed by atoms with E-state index in [0.29, 0.717) is 31.7 Å². The van der Waals surface area contributed by atoms with Crippen molar-refractivity contribution in [1.82, 2.24) is 14.5 Å². The van der Waals surface area contributed by atoms with E-state index in [4.69, 9.17) is 0 Å². The maximum Gasteiger partial charge on any atom is 0.263 e. The monoisotopic (exact) mass is 392 g/mol. The van der Waals surface area contributed by atoms with Crippen LogP contribution < -0.4 is 4.72 Å². The molecule has 9 heteroatoms. The van der Waals surface area contributed by atoms with Gasteiger partial charge < -0.3 is 9.80 Å². The molecule has 2 amide bonds. The van der Waals surface area contributed by atoms with Gasteiger partial charge in [-0.2, -0.15) is 0 Å². The minimum Gasteiger partial charge on any atom is -0.339 e. The molecule has 1 aromatic carbocycles. The number of amidine groups is 1. The fraction of sp³-hybridized carbons (Fsp3) is 0.500. The van der Waals surface area contributed by atoms with Crippen molar-refractivity contribution in [2.75, 3.05) is 26.2 Å². The smallest absolute Gasteiger partial charge is 0.263 e.